The Balaban J connectivity index is 0.000000187. The van der Waals surface area contributed by atoms with Crippen molar-refractivity contribution in [1.29, 1.82) is 0 Å². The molecule has 0 aromatic rings. The average molecular weight is 169 g/mol. The van der Waals surface area contributed by atoms with Crippen LogP contribution in [0.15, 0.2) is 0 Å². The van der Waals surface area contributed by atoms with E-state index in [-0.39, 0.29) is 5.34 Å². The quantitative estimate of drug-likeness (QED) is 0.486. The summed E-state index contributed by atoms with van der Waals surface area (Å²) < 4.78 is 0. The van der Waals surface area contributed by atoms with Crippen molar-refractivity contribution >= 4 is 23.2 Å². The molecule has 0 N–H and O–H groups in total. The standard InChI is InChI=1S/C6H12.CH2Cl2/c1-6-4-2-3-5-6;2-1-3/h6H,2-5H2,1H3;1H2. The molecule has 1 rings (SSSR count). The maximum Gasteiger partial charge on any atom is 0.0967 e. The van der Waals surface area contributed by atoms with Crippen molar-refractivity contribution in [2.24, 2.45) is 5.92 Å². The number of rotatable bonds is 0. The van der Waals surface area contributed by atoms with Crippen LogP contribution in [0, 0.1) is 5.92 Å². The van der Waals surface area contributed by atoms with Crippen LogP contribution in [0.1, 0.15) is 32.6 Å². The third-order valence-electron chi connectivity index (χ3n) is 1.64. The Kier molecular flexibility index (Phi) is 7.13. The number of alkyl halides is 2. The van der Waals surface area contributed by atoms with E-state index in [1.807, 2.05) is 0 Å². The fourth-order valence-electron chi connectivity index (χ4n) is 1.13. The molecule has 0 amide bonds. The van der Waals surface area contributed by atoms with Gasteiger partial charge in [-0.15, -0.1) is 23.2 Å². The molecule has 0 radical (unpaired) electrons. The number of hydrogen-bond donors (Lipinski definition) is 0. The highest BCUT2D eigenvalue weighted by molar-refractivity contribution is 6.40. The van der Waals surface area contributed by atoms with Crippen molar-refractivity contribution in [3.63, 3.8) is 0 Å². The van der Waals surface area contributed by atoms with Gasteiger partial charge in [0.25, 0.3) is 0 Å². The first-order valence-corrected chi connectivity index (χ1v) is 4.50. The van der Waals surface area contributed by atoms with Gasteiger partial charge in [0.2, 0.25) is 0 Å². The van der Waals surface area contributed by atoms with Crippen LogP contribution >= 0.6 is 23.2 Å². The first kappa shape index (κ1) is 9.58. The Bertz CT molecular complexity index is 48.9. The zero-order valence-corrected chi connectivity index (χ0v) is 7.38. The number of halogens is 2. The highest BCUT2D eigenvalue weighted by Crippen LogP contribution is 2.22. The van der Waals surface area contributed by atoms with E-state index >= 15 is 0 Å². The van der Waals surface area contributed by atoms with E-state index in [0.717, 1.165) is 5.92 Å². The molecule has 0 atom stereocenters. The normalized spacial score (nSPS) is 19.0. The van der Waals surface area contributed by atoms with Gasteiger partial charge < -0.3 is 0 Å². The molecule has 1 fully saturated rings. The highest BCUT2D eigenvalue weighted by atomic mass is 35.5. The molecule has 9 heavy (non-hydrogen) atoms. The van der Waals surface area contributed by atoms with Crippen LogP contribution < -0.4 is 0 Å². The lowest BCUT2D eigenvalue weighted by molar-refractivity contribution is 0.612. The maximum atomic E-state index is 4.76. The molecule has 56 valence electrons. The fraction of sp³-hybridized carbons (Fsp3) is 1.00. The van der Waals surface area contributed by atoms with Gasteiger partial charge in [0.15, 0.2) is 0 Å². The molecule has 0 spiro atoms. The van der Waals surface area contributed by atoms with Gasteiger partial charge in [-0.1, -0.05) is 32.6 Å². The van der Waals surface area contributed by atoms with Gasteiger partial charge in [0.1, 0.15) is 0 Å². The largest absolute Gasteiger partial charge is 0.109 e. The summed E-state index contributed by atoms with van der Waals surface area (Å²) in [4.78, 5) is 0. The summed E-state index contributed by atoms with van der Waals surface area (Å²) in [5.41, 5.74) is 0. The summed E-state index contributed by atoms with van der Waals surface area (Å²) in [6, 6.07) is 0. The second-order valence-electron chi connectivity index (χ2n) is 2.49. The molecule has 0 heterocycles. The van der Waals surface area contributed by atoms with Gasteiger partial charge in [-0.3, -0.25) is 0 Å². The molecule has 0 nitrogen and oxygen atoms in total. The molecular weight excluding hydrogens is 155 g/mol. The van der Waals surface area contributed by atoms with Crippen LogP contribution in [0.25, 0.3) is 0 Å². The molecular formula is C7H14Cl2. The van der Waals surface area contributed by atoms with E-state index in [4.69, 9.17) is 23.2 Å². The zero-order valence-electron chi connectivity index (χ0n) is 5.87. The van der Waals surface area contributed by atoms with Crippen LogP contribution in [0.5, 0.6) is 0 Å². The van der Waals surface area contributed by atoms with E-state index in [1.54, 1.807) is 0 Å². The maximum absolute atomic E-state index is 4.76. The Morgan fingerprint density at radius 3 is 1.67 bits per heavy atom. The minimum atomic E-state index is 0.194. The average Bonchev–Trinajstić information content (AvgIpc) is 2.20. The molecule has 2 heteroatoms. The molecule has 0 unspecified atom stereocenters. The SMILES string of the molecule is CC1CCCC1.ClCCl. The van der Waals surface area contributed by atoms with E-state index in [0.29, 0.717) is 0 Å². The van der Waals surface area contributed by atoms with Crippen LogP contribution in [0.3, 0.4) is 0 Å². The minimum Gasteiger partial charge on any atom is -0.109 e. The van der Waals surface area contributed by atoms with Crippen LogP contribution in [0.2, 0.25) is 0 Å². The monoisotopic (exact) mass is 168 g/mol. The molecule has 1 aliphatic carbocycles. The van der Waals surface area contributed by atoms with Gasteiger partial charge >= 0.3 is 0 Å². The molecule has 0 bridgehead atoms. The smallest absolute Gasteiger partial charge is 0.0967 e. The van der Waals surface area contributed by atoms with Crippen molar-refractivity contribution < 1.29 is 0 Å². The van der Waals surface area contributed by atoms with E-state index in [1.165, 1.54) is 25.7 Å². The summed E-state index contributed by atoms with van der Waals surface area (Å²) >= 11 is 9.53. The Morgan fingerprint density at radius 1 is 1.22 bits per heavy atom. The minimum absolute atomic E-state index is 0.194. The molecule has 1 saturated carbocycles. The summed E-state index contributed by atoms with van der Waals surface area (Å²) in [5, 5.41) is 0.194. The third-order valence-corrected chi connectivity index (χ3v) is 1.64. The summed E-state index contributed by atoms with van der Waals surface area (Å²) in [5.74, 6) is 1.05. The van der Waals surface area contributed by atoms with Gasteiger partial charge in [-0.25, -0.2) is 0 Å². The van der Waals surface area contributed by atoms with Gasteiger partial charge in [0.05, 0.1) is 5.34 Å². The topological polar surface area (TPSA) is 0 Å². The molecule has 1 aliphatic rings. The van der Waals surface area contributed by atoms with Crippen molar-refractivity contribution in [2.45, 2.75) is 32.6 Å². The third kappa shape index (κ3) is 6.47. The summed E-state index contributed by atoms with van der Waals surface area (Å²) in [6.45, 7) is 2.34. The first-order valence-electron chi connectivity index (χ1n) is 3.43. The predicted octanol–water partition coefficient (Wildman–Crippen LogP) is 3.62. The molecule has 0 aliphatic heterocycles. The lowest BCUT2D eigenvalue weighted by atomic mass is 10.2. The van der Waals surface area contributed by atoms with Crippen LogP contribution in [-0.4, -0.2) is 5.34 Å². The van der Waals surface area contributed by atoms with Crippen LogP contribution in [0.4, 0.5) is 0 Å². The van der Waals surface area contributed by atoms with E-state index in [9.17, 15) is 0 Å². The van der Waals surface area contributed by atoms with Crippen LogP contribution in [-0.2, 0) is 0 Å². The molecule has 0 aromatic heterocycles. The molecule has 0 aromatic carbocycles. The zero-order chi connectivity index (χ0) is 7.11. The fourth-order valence-corrected chi connectivity index (χ4v) is 1.13. The lowest BCUT2D eigenvalue weighted by Gasteiger charge is -1.91. The second-order valence-corrected chi connectivity index (χ2v) is 3.30. The van der Waals surface area contributed by atoms with Crippen molar-refractivity contribution in [1.82, 2.24) is 0 Å². The Hall–Kier alpha value is 0.580. The van der Waals surface area contributed by atoms with Gasteiger partial charge in [-0.05, 0) is 5.92 Å². The Labute approximate surface area is 67.5 Å². The van der Waals surface area contributed by atoms with E-state index in [2.05, 4.69) is 6.92 Å². The second kappa shape index (κ2) is 6.70. The van der Waals surface area contributed by atoms with Crippen molar-refractivity contribution in [2.75, 3.05) is 5.34 Å². The van der Waals surface area contributed by atoms with Gasteiger partial charge in [0, 0.05) is 0 Å². The predicted molar refractivity (Wildman–Crippen MR) is 44.2 cm³/mol. The lowest BCUT2D eigenvalue weighted by Crippen LogP contribution is -1.78. The van der Waals surface area contributed by atoms with E-state index < -0.39 is 0 Å². The highest BCUT2D eigenvalue weighted by Gasteiger charge is 2.07. The number of hydrogen-bond acceptors (Lipinski definition) is 0. The molecule has 0 saturated heterocycles. The van der Waals surface area contributed by atoms with Crippen molar-refractivity contribution in [3.05, 3.63) is 0 Å². The van der Waals surface area contributed by atoms with Gasteiger partial charge in [-0.2, -0.15) is 0 Å². The van der Waals surface area contributed by atoms with Crippen molar-refractivity contribution in [3.8, 4) is 0 Å². The Morgan fingerprint density at radius 2 is 1.56 bits per heavy atom. The first-order chi connectivity index (χ1) is 4.31. The summed E-state index contributed by atoms with van der Waals surface area (Å²) in [6.07, 6.45) is 5.95. The summed E-state index contributed by atoms with van der Waals surface area (Å²) in [7, 11) is 0.